The van der Waals surface area contributed by atoms with Crippen molar-refractivity contribution in [3.8, 4) is 11.6 Å². The van der Waals surface area contributed by atoms with Gasteiger partial charge in [0.1, 0.15) is 22.0 Å². The smallest absolute Gasteiger partial charge is 0.263 e. The number of aromatic nitrogens is 3. The molecule has 3 aromatic rings. The van der Waals surface area contributed by atoms with E-state index in [-0.39, 0.29) is 4.90 Å². The van der Waals surface area contributed by atoms with Gasteiger partial charge in [0.15, 0.2) is 5.82 Å². The van der Waals surface area contributed by atoms with Gasteiger partial charge in [0, 0.05) is 31.1 Å². The quantitative estimate of drug-likeness (QED) is 0.549. The van der Waals surface area contributed by atoms with Crippen molar-refractivity contribution in [3.05, 3.63) is 48.4 Å². The predicted octanol–water partition coefficient (Wildman–Crippen LogP) is 2.24. The molecule has 10 nitrogen and oxygen atoms in total. The zero-order chi connectivity index (χ0) is 20.9. The first kappa shape index (κ1) is 18.7. The summed E-state index contributed by atoms with van der Waals surface area (Å²) in [4.78, 5) is 4.39. The Bertz CT molecular complexity index is 1200. The first-order valence-corrected chi connectivity index (χ1v) is 11.0. The lowest BCUT2D eigenvalue weighted by Crippen LogP contribution is -2.32. The van der Waals surface area contributed by atoms with Gasteiger partial charge in [0.2, 0.25) is 0 Å². The predicted molar refractivity (Wildman–Crippen MR) is 112 cm³/mol. The number of benzene rings is 1. The maximum Gasteiger partial charge on any atom is 0.263 e. The molecule has 30 heavy (non-hydrogen) atoms. The fourth-order valence-corrected chi connectivity index (χ4v) is 4.56. The van der Waals surface area contributed by atoms with Crippen LogP contribution in [0.4, 0.5) is 17.1 Å². The number of sulfonamides is 1. The Balaban J connectivity index is 1.47. The standard InChI is InChI=1S/C19H21N7O3S/c1-25-19-14(22-24-25)6-7-16(29-2)18(19)23-30(27,28)13-5-8-17(20-11-13)26-15(9-10-21-26)12-3-4-12/h5-12,22-24H,3-4H2,1-2H3. The first-order valence-electron chi connectivity index (χ1n) is 9.47. The molecule has 0 saturated heterocycles. The Labute approximate surface area is 173 Å². The van der Waals surface area contributed by atoms with Gasteiger partial charge < -0.3 is 10.2 Å². The zero-order valence-electron chi connectivity index (χ0n) is 16.5. The maximum atomic E-state index is 13.1. The summed E-state index contributed by atoms with van der Waals surface area (Å²) >= 11 is 0. The molecule has 1 aliphatic carbocycles. The number of hydrazine groups is 2. The molecule has 0 amide bonds. The van der Waals surface area contributed by atoms with Crippen molar-refractivity contribution in [3.63, 3.8) is 0 Å². The van der Waals surface area contributed by atoms with Crippen LogP contribution in [0.25, 0.3) is 5.82 Å². The number of fused-ring (bicyclic) bond motifs is 1. The monoisotopic (exact) mass is 427 g/mol. The van der Waals surface area contributed by atoms with E-state index in [9.17, 15) is 8.42 Å². The lowest BCUT2D eigenvalue weighted by atomic mass is 10.2. The second-order valence-corrected chi connectivity index (χ2v) is 8.92. The van der Waals surface area contributed by atoms with Gasteiger partial charge in [-0.1, -0.05) is 0 Å². The topological polar surface area (TPSA) is 113 Å². The molecule has 5 rings (SSSR count). The van der Waals surface area contributed by atoms with Gasteiger partial charge in [-0.05, 0) is 43.2 Å². The molecule has 156 valence electrons. The van der Waals surface area contributed by atoms with Crippen LogP contribution in [0.2, 0.25) is 0 Å². The van der Waals surface area contributed by atoms with Crippen LogP contribution in [0.1, 0.15) is 24.5 Å². The van der Waals surface area contributed by atoms with E-state index in [1.54, 1.807) is 41.1 Å². The molecule has 0 spiro atoms. The van der Waals surface area contributed by atoms with Gasteiger partial charge in [-0.25, -0.2) is 18.1 Å². The highest BCUT2D eigenvalue weighted by Crippen LogP contribution is 2.43. The molecule has 3 N–H and O–H groups in total. The molecule has 2 aromatic heterocycles. The third kappa shape index (κ3) is 3.12. The first-order chi connectivity index (χ1) is 14.5. The van der Waals surface area contributed by atoms with E-state index in [1.807, 2.05) is 6.07 Å². The Morgan fingerprint density at radius 2 is 2.03 bits per heavy atom. The van der Waals surface area contributed by atoms with Crippen LogP contribution in [0.15, 0.2) is 47.6 Å². The lowest BCUT2D eigenvalue weighted by molar-refractivity contribution is 0.417. The van der Waals surface area contributed by atoms with E-state index in [0.29, 0.717) is 28.9 Å². The Morgan fingerprint density at radius 1 is 1.20 bits per heavy atom. The normalized spacial score (nSPS) is 15.6. The number of hydrogen-bond donors (Lipinski definition) is 3. The summed E-state index contributed by atoms with van der Waals surface area (Å²) in [7, 11) is -0.630. The number of nitrogens with one attached hydrogen (secondary N) is 3. The van der Waals surface area contributed by atoms with Crippen molar-refractivity contribution >= 4 is 27.1 Å². The van der Waals surface area contributed by atoms with Crippen molar-refractivity contribution in [2.24, 2.45) is 0 Å². The summed E-state index contributed by atoms with van der Waals surface area (Å²) < 4.78 is 35.9. The average molecular weight is 427 g/mol. The molecule has 1 fully saturated rings. The number of pyridine rings is 1. The van der Waals surface area contributed by atoms with Crippen molar-refractivity contribution in [2.75, 3.05) is 29.3 Å². The van der Waals surface area contributed by atoms with Crippen LogP contribution < -0.4 is 25.4 Å². The van der Waals surface area contributed by atoms with E-state index >= 15 is 0 Å². The summed E-state index contributed by atoms with van der Waals surface area (Å²) in [6.45, 7) is 0. The highest BCUT2D eigenvalue weighted by atomic mass is 32.2. The summed E-state index contributed by atoms with van der Waals surface area (Å²) in [5, 5.41) is 6.01. The summed E-state index contributed by atoms with van der Waals surface area (Å²) in [6, 6.07) is 8.67. The summed E-state index contributed by atoms with van der Waals surface area (Å²) in [6.07, 6.45) is 5.36. The minimum Gasteiger partial charge on any atom is -0.494 e. The summed E-state index contributed by atoms with van der Waals surface area (Å²) in [5.74, 6) is 1.50. The molecular weight excluding hydrogens is 406 g/mol. The third-order valence-electron chi connectivity index (χ3n) is 5.21. The molecular formula is C19H21N7O3S. The number of nitrogens with zero attached hydrogens (tertiary/aromatic N) is 4. The fraction of sp³-hybridized carbons (Fsp3) is 0.263. The number of anilines is 3. The van der Waals surface area contributed by atoms with Gasteiger partial charge in [0.05, 0.1) is 12.8 Å². The molecule has 0 atom stereocenters. The highest BCUT2D eigenvalue weighted by molar-refractivity contribution is 7.92. The molecule has 0 unspecified atom stereocenters. The van der Waals surface area contributed by atoms with E-state index in [0.717, 1.165) is 24.2 Å². The highest BCUT2D eigenvalue weighted by Gasteiger charge is 2.29. The number of ether oxygens (including phenoxy) is 1. The van der Waals surface area contributed by atoms with Crippen LogP contribution in [0.5, 0.6) is 5.75 Å². The van der Waals surface area contributed by atoms with Gasteiger partial charge >= 0.3 is 0 Å². The molecule has 0 radical (unpaired) electrons. The Morgan fingerprint density at radius 3 is 2.73 bits per heavy atom. The van der Waals surface area contributed by atoms with E-state index in [2.05, 4.69) is 25.8 Å². The van der Waals surface area contributed by atoms with Crippen LogP contribution in [-0.4, -0.2) is 37.3 Å². The largest absolute Gasteiger partial charge is 0.494 e. The van der Waals surface area contributed by atoms with Crippen LogP contribution in [-0.2, 0) is 10.0 Å². The third-order valence-corrected chi connectivity index (χ3v) is 6.54. The van der Waals surface area contributed by atoms with E-state index in [1.165, 1.54) is 19.4 Å². The van der Waals surface area contributed by atoms with Gasteiger partial charge in [-0.3, -0.25) is 9.73 Å². The number of hydrogen-bond acceptors (Lipinski definition) is 8. The molecule has 2 aliphatic rings. The second kappa shape index (κ2) is 6.89. The molecule has 0 bridgehead atoms. The second-order valence-electron chi connectivity index (χ2n) is 7.23. The molecule has 1 aromatic carbocycles. The molecule has 1 saturated carbocycles. The van der Waals surface area contributed by atoms with Crippen molar-refractivity contribution in [1.82, 2.24) is 20.3 Å². The number of rotatable bonds is 6. The maximum absolute atomic E-state index is 13.1. The van der Waals surface area contributed by atoms with Crippen LogP contribution in [0.3, 0.4) is 0 Å². The number of methoxy groups -OCH3 is 1. The minimum atomic E-state index is -3.89. The Kier molecular flexibility index (Phi) is 4.29. The molecule has 1 aliphatic heterocycles. The van der Waals surface area contributed by atoms with Gasteiger partial charge in [0.25, 0.3) is 10.0 Å². The SMILES string of the molecule is COc1ccc2c(c1NS(=O)(=O)c1ccc(-n3nccc3C3CC3)nc1)N(C)NN2. The minimum absolute atomic E-state index is 0.0487. The van der Waals surface area contributed by atoms with E-state index in [4.69, 9.17) is 4.74 Å². The zero-order valence-corrected chi connectivity index (χ0v) is 17.3. The van der Waals surface area contributed by atoms with Crippen molar-refractivity contribution in [2.45, 2.75) is 23.7 Å². The average Bonchev–Trinajstić information content (AvgIpc) is 3.34. The van der Waals surface area contributed by atoms with Crippen molar-refractivity contribution in [1.29, 1.82) is 0 Å². The van der Waals surface area contributed by atoms with Crippen LogP contribution >= 0.6 is 0 Å². The summed E-state index contributed by atoms with van der Waals surface area (Å²) in [5.41, 5.74) is 8.69. The fourth-order valence-electron chi connectivity index (χ4n) is 3.53. The van der Waals surface area contributed by atoms with Gasteiger partial charge in [-0.15, -0.1) is 5.53 Å². The van der Waals surface area contributed by atoms with E-state index < -0.39 is 10.0 Å². The molecule has 11 heteroatoms. The lowest BCUT2D eigenvalue weighted by Gasteiger charge is -2.18. The van der Waals surface area contributed by atoms with Crippen LogP contribution in [0, 0.1) is 0 Å². The van der Waals surface area contributed by atoms with Crippen molar-refractivity contribution < 1.29 is 13.2 Å². The Hall–Kier alpha value is -3.31. The van der Waals surface area contributed by atoms with Gasteiger partial charge in [-0.2, -0.15) is 5.10 Å². The molecule has 3 heterocycles.